The quantitative estimate of drug-likeness (QED) is 0.702. The van der Waals surface area contributed by atoms with Crippen LogP contribution < -0.4 is 5.32 Å². The van der Waals surface area contributed by atoms with Crippen molar-refractivity contribution < 1.29 is 10.2 Å². The molecule has 1 aromatic rings. The fraction of sp³-hybridized carbons (Fsp3) is 0.583. The van der Waals surface area contributed by atoms with E-state index in [-0.39, 0.29) is 13.2 Å². The fourth-order valence-corrected chi connectivity index (χ4v) is 1.93. The molecular formula is C12H18N2O2. The Morgan fingerprint density at radius 2 is 2.06 bits per heavy atom. The Morgan fingerprint density at radius 1 is 1.31 bits per heavy atom. The van der Waals surface area contributed by atoms with Crippen LogP contribution in [0.5, 0.6) is 0 Å². The van der Waals surface area contributed by atoms with Crippen molar-refractivity contribution in [2.45, 2.75) is 31.7 Å². The van der Waals surface area contributed by atoms with Crippen molar-refractivity contribution in [3.63, 3.8) is 0 Å². The number of anilines is 1. The van der Waals surface area contributed by atoms with E-state index in [4.69, 9.17) is 0 Å². The Balaban J connectivity index is 2.16. The number of aryl methyl sites for hydroxylation is 2. The van der Waals surface area contributed by atoms with Gasteiger partial charge in [0, 0.05) is 5.69 Å². The number of pyridine rings is 1. The predicted molar refractivity (Wildman–Crippen MR) is 62.5 cm³/mol. The summed E-state index contributed by atoms with van der Waals surface area (Å²) < 4.78 is 0. The SMILES string of the molecule is CC(CO)(CO)Nc1ccc2c(n1)CCC2. The maximum absolute atomic E-state index is 9.19. The lowest BCUT2D eigenvalue weighted by Gasteiger charge is -2.27. The molecule has 1 aliphatic carbocycles. The number of aliphatic hydroxyl groups excluding tert-OH is 2. The van der Waals surface area contributed by atoms with Gasteiger partial charge in [0.05, 0.1) is 18.8 Å². The van der Waals surface area contributed by atoms with E-state index in [0.29, 0.717) is 0 Å². The minimum atomic E-state index is -0.708. The van der Waals surface area contributed by atoms with Crippen LogP contribution in [0.25, 0.3) is 0 Å². The van der Waals surface area contributed by atoms with Gasteiger partial charge in [0.1, 0.15) is 5.82 Å². The van der Waals surface area contributed by atoms with Crippen LogP contribution in [0, 0.1) is 0 Å². The highest BCUT2D eigenvalue weighted by atomic mass is 16.3. The van der Waals surface area contributed by atoms with Gasteiger partial charge < -0.3 is 15.5 Å². The molecule has 4 nitrogen and oxygen atoms in total. The third kappa shape index (κ3) is 2.18. The number of aromatic nitrogens is 1. The average Bonchev–Trinajstić information content (AvgIpc) is 2.76. The molecule has 0 saturated heterocycles. The smallest absolute Gasteiger partial charge is 0.126 e. The van der Waals surface area contributed by atoms with E-state index < -0.39 is 5.54 Å². The van der Waals surface area contributed by atoms with Gasteiger partial charge in [0.15, 0.2) is 0 Å². The van der Waals surface area contributed by atoms with E-state index >= 15 is 0 Å². The van der Waals surface area contributed by atoms with Crippen LogP contribution in [-0.4, -0.2) is 33.9 Å². The summed E-state index contributed by atoms with van der Waals surface area (Å²) in [5.74, 6) is 0.728. The maximum atomic E-state index is 9.19. The molecule has 0 amide bonds. The zero-order valence-corrected chi connectivity index (χ0v) is 9.53. The zero-order chi connectivity index (χ0) is 11.6. The Kier molecular flexibility index (Phi) is 3.12. The zero-order valence-electron chi connectivity index (χ0n) is 9.53. The van der Waals surface area contributed by atoms with Crippen molar-refractivity contribution in [1.82, 2.24) is 4.98 Å². The summed E-state index contributed by atoms with van der Waals surface area (Å²) in [6.07, 6.45) is 3.31. The third-order valence-electron chi connectivity index (χ3n) is 3.06. The van der Waals surface area contributed by atoms with E-state index in [0.717, 1.165) is 24.4 Å². The highest BCUT2D eigenvalue weighted by molar-refractivity contribution is 5.42. The average molecular weight is 222 g/mol. The van der Waals surface area contributed by atoms with Crippen LogP contribution in [-0.2, 0) is 12.8 Å². The second kappa shape index (κ2) is 4.39. The van der Waals surface area contributed by atoms with Crippen molar-refractivity contribution in [2.75, 3.05) is 18.5 Å². The number of fused-ring (bicyclic) bond motifs is 1. The maximum Gasteiger partial charge on any atom is 0.126 e. The van der Waals surface area contributed by atoms with Crippen LogP contribution in [0.15, 0.2) is 12.1 Å². The standard InChI is InChI=1S/C12H18N2O2/c1-12(7-15,8-16)14-11-6-5-9-3-2-4-10(9)13-11/h5-6,15-16H,2-4,7-8H2,1H3,(H,13,14). The number of rotatable bonds is 4. The molecule has 1 heterocycles. The van der Waals surface area contributed by atoms with E-state index in [1.54, 1.807) is 6.92 Å². The molecule has 0 bridgehead atoms. The summed E-state index contributed by atoms with van der Waals surface area (Å²) in [6, 6.07) is 3.99. The van der Waals surface area contributed by atoms with E-state index in [2.05, 4.69) is 16.4 Å². The van der Waals surface area contributed by atoms with Gasteiger partial charge in [0.2, 0.25) is 0 Å². The van der Waals surface area contributed by atoms with Crippen LogP contribution in [0.2, 0.25) is 0 Å². The largest absolute Gasteiger partial charge is 0.394 e. The second-order valence-corrected chi connectivity index (χ2v) is 4.66. The van der Waals surface area contributed by atoms with Gasteiger partial charge in [-0.3, -0.25) is 0 Å². The second-order valence-electron chi connectivity index (χ2n) is 4.66. The highest BCUT2D eigenvalue weighted by Gasteiger charge is 2.23. The molecule has 0 aromatic carbocycles. The van der Waals surface area contributed by atoms with Crippen molar-refractivity contribution in [3.8, 4) is 0 Å². The van der Waals surface area contributed by atoms with Crippen molar-refractivity contribution >= 4 is 5.82 Å². The van der Waals surface area contributed by atoms with Crippen LogP contribution in [0.1, 0.15) is 24.6 Å². The van der Waals surface area contributed by atoms with Gasteiger partial charge in [-0.25, -0.2) is 4.98 Å². The Bertz CT molecular complexity index is 375. The van der Waals surface area contributed by atoms with Gasteiger partial charge in [-0.05, 0) is 37.8 Å². The minimum Gasteiger partial charge on any atom is -0.394 e. The molecule has 88 valence electrons. The van der Waals surface area contributed by atoms with Crippen LogP contribution >= 0.6 is 0 Å². The monoisotopic (exact) mass is 222 g/mol. The lowest BCUT2D eigenvalue weighted by Crippen LogP contribution is -2.42. The summed E-state index contributed by atoms with van der Waals surface area (Å²) in [6.45, 7) is 1.52. The van der Waals surface area contributed by atoms with Crippen LogP contribution in [0.3, 0.4) is 0 Å². The molecular weight excluding hydrogens is 204 g/mol. The molecule has 0 saturated carbocycles. The first-order chi connectivity index (χ1) is 7.67. The topological polar surface area (TPSA) is 65.4 Å². The number of hydrogen-bond donors (Lipinski definition) is 3. The Labute approximate surface area is 95.3 Å². The molecule has 0 fully saturated rings. The molecule has 0 radical (unpaired) electrons. The third-order valence-corrected chi connectivity index (χ3v) is 3.06. The summed E-state index contributed by atoms with van der Waals surface area (Å²) in [7, 11) is 0. The molecule has 0 atom stereocenters. The van der Waals surface area contributed by atoms with E-state index in [1.165, 1.54) is 12.0 Å². The van der Waals surface area contributed by atoms with Gasteiger partial charge in [-0.1, -0.05) is 6.07 Å². The minimum absolute atomic E-state index is 0.123. The summed E-state index contributed by atoms with van der Waals surface area (Å²) in [4.78, 5) is 4.50. The number of nitrogens with one attached hydrogen (secondary N) is 1. The van der Waals surface area contributed by atoms with Crippen molar-refractivity contribution in [3.05, 3.63) is 23.4 Å². The molecule has 3 N–H and O–H groups in total. The molecule has 1 aromatic heterocycles. The van der Waals surface area contributed by atoms with Crippen LogP contribution in [0.4, 0.5) is 5.82 Å². The highest BCUT2D eigenvalue weighted by Crippen LogP contribution is 2.22. The van der Waals surface area contributed by atoms with Gasteiger partial charge in [-0.15, -0.1) is 0 Å². The molecule has 16 heavy (non-hydrogen) atoms. The normalized spacial score (nSPS) is 14.9. The van der Waals surface area contributed by atoms with Gasteiger partial charge in [-0.2, -0.15) is 0 Å². The fourth-order valence-electron chi connectivity index (χ4n) is 1.93. The number of aliphatic hydroxyl groups is 2. The molecule has 0 aliphatic heterocycles. The first-order valence-electron chi connectivity index (χ1n) is 5.65. The summed E-state index contributed by atoms with van der Waals surface area (Å²) >= 11 is 0. The number of nitrogens with zero attached hydrogens (tertiary/aromatic N) is 1. The lowest BCUT2D eigenvalue weighted by molar-refractivity contribution is 0.147. The van der Waals surface area contributed by atoms with Crippen molar-refractivity contribution in [2.24, 2.45) is 0 Å². The van der Waals surface area contributed by atoms with Gasteiger partial charge in [0.25, 0.3) is 0 Å². The molecule has 0 unspecified atom stereocenters. The van der Waals surface area contributed by atoms with Gasteiger partial charge >= 0.3 is 0 Å². The molecule has 0 spiro atoms. The molecule has 2 rings (SSSR count). The summed E-state index contributed by atoms with van der Waals surface area (Å²) in [5, 5.41) is 21.5. The lowest BCUT2D eigenvalue weighted by atomic mass is 10.1. The Morgan fingerprint density at radius 3 is 2.75 bits per heavy atom. The first-order valence-corrected chi connectivity index (χ1v) is 5.65. The molecule has 4 heteroatoms. The molecule has 1 aliphatic rings. The van der Waals surface area contributed by atoms with E-state index in [9.17, 15) is 10.2 Å². The summed E-state index contributed by atoms with van der Waals surface area (Å²) in [5.41, 5.74) is 1.75. The predicted octanol–water partition coefficient (Wildman–Crippen LogP) is 0.726. The Hall–Kier alpha value is -1.13. The van der Waals surface area contributed by atoms with Crippen molar-refractivity contribution in [1.29, 1.82) is 0 Å². The first kappa shape index (κ1) is 11.4. The van der Waals surface area contributed by atoms with E-state index in [1.807, 2.05) is 6.07 Å². The number of hydrogen-bond acceptors (Lipinski definition) is 4.